The molecule has 1 fully saturated rings. The third kappa shape index (κ3) is 4.79. The molecule has 1 atom stereocenters. The number of hydrogen-bond acceptors (Lipinski definition) is 4. The molecule has 4 rings (SSSR count). The fourth-order valence-electron chi connectivity index (χ4n) is 3.99. The van der Waals surface area contributed by atoms with Crippen molar-refractivity contribution in [3.63, 3.8) is 0 Å². The standard InChI is InChI=1S/C25H29N3O2/c1-18-6-10-20(11-7-18)23(28-14-4-3-5-15-28)17-26-25(29)22-16-24(30-27-22)21-12-8-19(2)9-13-21/h6-13,16,23H,3-5,14-15,17H2,1-2H3,(H,26,29). The SMILES string of the molecule is Cc1ccc(-c2cc(C(=O)NCC(c3ccc(C)cc3)N3CCCCC3)no2)cc1. The van der Waals surface area contributed by atoms with Gasteiger partial charge in [0, 0.05) is 18.2 Å². The molecule has 5 heteroatoms. The van der Waals surface area contributed by atoms with Gasteiger partial charge in [0.05, 0.1) is 6.04 Å². The number of aryl methyl sites for hydroxylation is 2. The molecule has 2 heterocycles. The molecule has 0 aliphatic carbocycles. The number of carbonyl (C=O) groups excluding carboxylic acids is 1. The van der Waals surface area contributed by atoms with Gasteiger partial charge in [0.2, 0.25) is 0 Å². The smallest absolute Gasteiger partial charge is 0.273 e. The van der Waals surface area contributed by atoms with Crippen LogP contribution in [0.4, 0.5) is 0 Å². The Morgan fingerprint density at radius 3 is 2.30 bits per heavy atom. The average Bonchev–Trinajstić information content (AvgIpc) is 3.27. The van der Waals surface area contributed by atoms with Crippen molar-refractivity contribution in [3.8, 4) is 11.3 Å². The summed E-state index contributed by atoms with van der Waals surface area (Å²) in [5, 5.41) is 7.07. The molecule has 1 N–H and O–H groups in total. The van der Waals surface area contributed by atoms with Crippen molar-refractivity contribution in [2.75, 3.05) is 19.6 Å². The summed E-state index contributed by atoms with van der Waals surface area (Å²) in [6.45, 7) is 6.81. The second kappa shape index (κ2) is 9.26. The van der Waals surface area contributed by atoms with Crippen molar-refractivity contribution in [2.45, 2.75) is 39.2 Å². The third-order valence-corrected chi connectivity index (χ3v) is 5.83. The van der Waals surface area contributed by atoms with Crippen LogP contribution in [0.15, 0.2) is 59.1 Å². The van der Waals surface area contributed by atoms with E-state index in [-0.39, 0.29) is 11.9 Å². The van der Waals surface area contributed by atoms with Gasteiger partial charge in [-0.1, -0.05) is 71.2 Å². The van der Waals surface area contributed by atoms with Crippen LogP contribution in [-0.4, -0.2) is 35.6 Å². The summed E-state index contributed by atoms with van der Waals surface area (Å²) >= 11 is 0. The van der Waals surface area contributed by atoms with Crippen LogP contribution in [0.2, 0.25) is 0 Å². The maximum atomic E-state index is 12.8. The number of nitrogens with one attached hydrogen (secondary N) is 1. The monoisotopic (exact) mass is 403 g/mol. The highest BCUT2D eigenvalue weighted by Crippen LogP contribution is 2.25. The minimum absolute atomic E-state index is 0.165. The summed E-state index contributed by atoms with van der Waals surface area (Å²) in [5.41, 5.74) is 4.88. The van der Waals surface area contributed by atoms with E-state index in [9.17, 15) is 4.79 Å². The first-order valence-corrected chi connectivity index (χ1v) is 10.7. The van der Waals surface area contributed by atoms with E-state index in [1.807, 2.05) is 31.2 Å². The van der Waals surface area contributed by atoms with Crippen LogP contribution in [0.1, 0.15) is 52.5 Å². The molecule has 1 amide bonds. The molecule has 1 aliphatic rings. The molecule has 5 nitrogen and oxygen atoms in total. The fourth-order valence-corrected chi connectivity index (χ4v) is 3.99. The van der Waals surface area contributed by atoms with E-state index >= 15 is 0 Å². The Morgan fingerprint density at radius 1 is 1.00 bits per heavy atom. The zero-order valence-corrected chi connectivity index (χ0v) is 17.7. The fraction of sp³-hybridized carbons (Fsp3) is 0.360. The number of rotatable bonds is 6. The van der Waals surface area contributed by atoms with Crippen molar-refractivity contribution in [3.05, 3.63) is 77.0 Å². The first-order chi connectivity index (χ1) is 14.6. The quantitative estimate of drug-likeness (QED) is 0.635. The highest BCUT2D eigenvalue weighted by Gasteiger charge is 2.24. The number of aromatic nitrogens is 1. The highest BCUT2D eigenvalue weighted by molar-refractivity contribution is 5.93. The Hall–Kier alpha value is -2.92. The summed E-state index contributed by atoms with van der Waals surface area (Å²) in [6, 6.07) is 18.5. The number of likely N-dealkylation sites (tertiary alicyclic amines) is 1. The normalized spacial score (nSPS) is 15.7. The number of benzene rings is 2. The van der Waals surface area contributed by atoms with Crippen molar-refractivity contribution in [1.29, 1.82) is 0 Å². The molecule has 1 aromatic heterocycles. The molecule has 0 bridgehead atoms. The number of carbonyl (C=O) groups is 1. The summed E-state index contributed by atoms with van der Waals surface area (Å²) in [6.07, 6.45) is 3.70. The number of hydrogen-bond donors (Lipinski definition) is 1. The van der Waals surface area contributed by atoms with Crippen LogP contribution in [0.3, 0.4) is 0 Å². The summed E-state index contributed by atoms with van der Waals surface area (Å²) in [4.78, 5) is 15.2. The largest absolute Gasteiger partial charge is 0.355 e. The van der Waals surface area contributed by atoms with Gasteiger partial charge in [-0.25, -0.2) is 0 Å². The van der Waals surface area contributed by atoms with E-state index in [0.717, 1.165) is 18.7 Å². The first kappa shape index (κ1) is 20.4. The zero-order chi connectivity index (χ0) is 20.9. The van der Waals surface area contributed by atoms with Crippen molar-refractivity contribution >= 4 is 5.91 Å². The Morgan fingerprint density at radius 2 is 1.63 bits per heavy atom. The summed E-state index contributed by atoms with van der Waals surface area (Å²) < 4.78 is 5.41. The molecule has 1 unspecified atom stereocenters. The molecule has 3 aromatic rings. The van der Waals surface area contributed by atoms with Crippen molar-refractivity contribution in [2.24, 2.45) is 0 Å². The number of nitrogens with zero attached hydrogens (tertiary/aromatic N) is 2. The topological polar surface area (TPSA) is 58.4 Å². The maximum Gasteiger partial charge on any atom is 0.273 e. The van der Waals surface area contributed by atoms with Crippen LogP contribution in [0.5, 0.6) is 0 Å². The Labute approximate surface area is 178 Å². The molecule has 1 saturated heterocycles. The Bertz CT molecular complexity index is 970. The van der Waals surface area contributed by atoms with E-state index in [1.165, 1.54) is 36.0 Å². The maximum absolute atomic E-state index is 12.8. The molecular weight excluding hydrogens is 374 g/mol. The second-order valence-corrected chi connectivity index (χ2v) is 8.18. The van der Waals surface area contributed by atoms with Gasteiger partial charge in [-0.15, -0.1) is 0 Å². The van der Waals surface area contributed by atoms with Gasteiger partial charge >= 0.3 is 0 Å². The molecule has 156 valence electrons. The van der Waals surface area contributed by atoms with E-state index in [2.05, 4.69) is 46.6 Å². The minimum Gasteiger partial charge on any atom is -0.355 e. The van der Waals surface area contributed by atoms with Gasteiger partial charge < -0.3 is 9.84 Å². The second-order valence-electron chi connectivity index (χ2n) is 8.18. The number of piperidine rings is 1. The lowest BCUT2D eigenvalue weighted by atomic mass is 10.0. The van der Waals surface area contributed by atoms with Gasteiger partial charge in [0.15, 0.2) is 11.5 Å². The van der Waals surface area contributed by atoms with Crippen LogP contribution < -0.4 is 5.32 Å². The lowest BCUT2D eigenvalue weighted by Crippen LogP contribution is -2.40. The first-order valence-electron chi connectivity index (χ1n) is 10.7. The zero-order valence-electron chi connectivity index (χ0n) is 17.7. The molecule has 2 aromatic carbocycles. The molecule has 1 aliphatic heterocycles. The van der Waals surface area contributed by atoms with Crippen molar-refractivity contribution in [1.82, 2.24) is 15.4 Å². The summed E-state index contributed by atoms with van der Waals surface area (Å²) in [7, 11) is 0. The Kier molecular flexibility index (Phi) is 6.29. The van der Waals surface area contributed by atoms with Gasteiger partial charge in [0.1, 0.15) is 0 Å². The van der Waals surface area contributed by atoms with Gasteiger partial charge in [0.25, 0.3) is 5.91 Å². The predicted octanol–water partition coefficient (Wildman–Crippen LogP) is 4.92. The van der Waals surface area contributed by atoms with E-state index in [4.69, 9.17) is 4.52 Å². The molecule has 30 heavy (non-hydrogen) atoms. The lowest BCUT2D eigenvalue weighted by molar-refractivity contribution is 0.0915. The van der Waals surface area contributed by atoms with Gasteiger partial charge in [-0.05, 0) is 45.3 Å². The van der Waals surface area contributed by atoms with E-state index in [1.54, 1.807) is 6.07 Å². The van der Waals surface area contributed by atoms with Crippen LogP contribution in [0, 0.1) is 13.8 Å². The van der Waals surface area contributed by atoms with Crippen LogP contribution >= 0.6 is 0 Å². The molecular formula is C25H29N3O2. The van der Waals surface area contributed by atoms with E-state index < -0.39 is 0 Å². The Balaban J connectivity index is 1.45. The lowest BCUT2D eigenvalue weighted by Gasteiger charge is -2.35. The number of amides is 1. The van der Waals surface area contributed by atoms with E-state index in [0.29, 0.717) is 18.0 Å². The predicted molar refractivity (Wildman–Crippen MR) is 118 cm³/mol. The molecule has 0 spiro atoms. The third-order valence-electron chi connectivity index (χ3n) is 5.83. The van der Waals surface area contributed by atoms with Gasteiger partial charge in [-0.3, -0.25) is 9.69 Å². The van der Waals surface area contributed by atoms with Crippen LogP contribution in [0.25, 0.3) is 11.3 Å². The van der Waals surface area contributed by atoms with Gasteiger partial charge in [-0.2, -0.15) is 0 Å². The van der Waals surface area contributed by atoms with Crippen molar-refractivity contribution < 1.29 is 9.32 Å². The van der Waals surface area contributed by atoms with Crippen LogP contribution in [-0.2, 0) is 0 Å². The highest BCUT2D eigenvalue weighted by atomic mass is 16.5. The molecule has 0 saturated carbocycles. The average molecular weight is 404 g/mol. The summed E-state index contributed by atoms with van der Waals surface area (Å²) in [5.74, 6) is 0.400. The molecule has 0 radical (unpaired) electrons. The minimum atomic E-state index is -0.203.